The minimum Gasteiger partial charge on any atom is -0.339 e. The fourth-order valence-corrected chi connectivity index (χ4v) is 3.38. The van der Waals surface area contributed by atoms with Crippen LogP contribution in [-0.2, 0) is 9.59 Å². The minimum absolute atomic E-state index is 0.126. The molecule has 2 amide bonds. The van der Waals surface area contributed by atoms with E-state index in [9.17, 15) is 9.59 Å². The normalized spacial score (nSPS) is 31.9. The molecule has 5 heteroatoms. The van der Waals surface area contributed by atoms with E-state index in [4.69, 9.17) is 0 Å². The molecule has 3 heterocycles. The van der Waals surface area contributed by atoms with Gasteiger partial charge in [0.1, 0.15) is 0 Å². The first-order chi connectivity index (χ1) is 8.74. The molecule has 0 unspecified atom stereocenters. The van der Waals surface area contributed by atoms with E-state index >= 15 is 0 Å². The molecule has 0 aromatic carbocycles. The minimum atomic E-state index is 0.126. The second-order valence-electron chi connectivity index (χ2n) is 5.68. The molecule has 18 heavy (non-hydrogen) atoms. The lowest BCUT2D eigenvalue weighted by Crippen LogP contribution is -2.42. The average Bonchev–Trinajstić information content (AvgIpc) is 2.96. The summed E-state index contributed by atoms with van der Waals surface area (Å²) < 4.78 is 0. The largest absolute Gasteiger partial charge is 0.339 e. The molecule has 3 aliphatic rings. The number of hydrogen-bond donors (Lipinski definition) is 1. The molecule has 5 nitrogen and oxygen atoms in total. The highest BCUT2D eigenvalue weighted by atomic mass is 16.2. The maximum atomic E-state index is 12.2. The van der Waals surface area contributed by atoms with Crippen molar-refractivity contribution in [1.29, 1.82) is 0 Å². The molecule has 3 fully saturated rings. The number of amides is 2. The number of fused-ring (bicyclic) bond motifs is 1. The molecule has 0 radical (unpaired) electrons. The maximum absolute atomic E-state index is 12.2. The number of carbonyl (C=O) groups excluding carboxylic acids is 2. The third kappa shape index (κ3) is 2.23. The van der Waals surface area contributed by atoms with E-state index in [0.29, 0.717) is 18.4 Å². The molecule has 0 aliphatic carbocycles. The van der Waals surface area contributed by atoms with Crippen molar-refractivity contribution >= 4 is 11.8 Å². The summed E-state index contributed by atoms with van der Waals surface area (Å²) in [5, 5.41) is 3.49. The van der Waals surface area contributed by atoms with E-state index < -0.39 is 0 Å². The molecular formula is C13H21N3O2. The van der Waals surface area contributed by atoms with Crippen LogP contribution in [0.4, 0.5) is 0 Å². The number of rotatable bonds is 2. The number of hydrogen-bond acceptors (Lipinski definition) is 3. The van der Waals surface area contributed by atoms with Gasteiger partial charge >= 0.3 is 0 Å². The Morgan fingerprint density at radius 2 is 2.22 bits per heavy atom. The van der Waals surface area contributed by atoms with Crippen LogP contribution < -0.4 is 5.32 Å². The van der Waals surface area contributed by atoms with E-state index in [1.807, 2.05) is 4.90 Å². The molecule has 2 atom stereocenters. The van der Waals surface area contributed by atoms with Crippen molar-refractivity contribution in [3.05, 3.63) is 0 Å². The molecular weight excluding hydrogens is 230 g/mol. The summed E-state index contributed by atoms with van der Waals surface area (Å²) in [6.07, 6.45) is 3.96. The Hall–Kier alpha value is -1.10. The molecule has 0 saturated carbocycles. The molecule has 0 bridgehead atoms. The summed E-state index contributed by atoms with van der Waals surface area (Å²) in [7, 11) is 0. The van der Waals surface area contributed by atoms with Gasteiger partial charge in [-0.2, -0.15) is 0 Å². The molecule has 100 valence electrons. The first kappa shape index (κ1) is 12.0. The van der Waals surface area contributed by atoms with E-state index in [2.05, 4.69) is 5.32 Å². The van der Waals surface area contributed by atoms with Crippen LogP contribution in [0.3, 0.4) is 0 Å². The van der Waals surface area contributed by atoms with Crippen LogP contribution in [-0.4, -0.2) is 60.4 Å². The van der Waals surface area contributed by atoms with Crippen LogP contribution in [0.2, 0.25) is 0 Å². The number of nitrogens with zero attached hydrogens (tertiary/aromatic N) is 2. The van der Waals surface area contributed by atoms with Gasteiger partial charge in [-0.05, 0) is 31.7 Å². The van der Waals surface area contributed by atoms with Crippen molar-refractivity contribution in [2.75, 3.05) is 32.7 Å². The van der Waals surface area contributed by atoms with Crippen molar-refractivity contribution in [3.8, 4) is 0 Å². The van der Waals surface area contributed by atoms with Crippen molar-refractivity contribution < 1.29 is 9.59 Å². The quantitative estimate of drug-likeness (QED) is 0.740. The van der Waals surface area contributed by atoms with Gasteiger partial charge in [0.2, 0.25) is 11.8 Å². The third-order valence-electron chi connectivity index (χ3n) is 4.45. The van der Waals surface area contributed by atoms with Crippen LogP contribution in [0.15, 0.2) is 0 Å². The first-order valence-electron chi connectivity index (χ1n) is 7.03. The summed E-state index contributed by atoms with van der Waals surface area (Å²) in [4.78, 5) is 27.4. The predicted octanol–water partition coefficient (Wildman–Crippen LogP) is -0.181. The molecule has 3 aliphatic heterocycles. The highest BCUT2D eigenvalue weighted by Gasteiger charge is 2.37. The summed E-state index contributed by atoms with van der Waals surface area (Å²) in [5.41, 5.74) is 0. The fourth-order valence-electron chi connectivity index (χ4n) is 3.38. The molecule has 0 aromatic heterocycles. The highest BCUT2D eigenvalue weighted by molar-refractivity contribution is 5.86. The second-order valence-corrected chi connectivity index (χ2v) is 5.68. The lowest BCUT2D eigenvalue weighted by atomic mass is 9.94. The van der Waals surface area contributed by atoms with Gasteiger partial charge in [0.25, 0.3) is 0 Å². The average molecular weight is 251 g/mol. The number of nitrogens with one attached hydrogen (secondary N) is 1. The smallest absolute Gasteiger partial charge is 0.242 e. The summed E-state index contributed by atoms with van der Waals surface area (Å²) >= 11 is 0. The van der Waals surface area contributed by atoms with Crippen molar-refractivity contribution in [3.63, 3.8) is 0 Å². The Labute approximate surface area is 107 Å². The fraction of sp³-hybridized carbons (Fsp3) is 0.846. The Balaban J connectivity index is 1.55. The van der Waals surface area contributed by atoms with E-state index in [1.165, 1.54) is 12.8 Å². The van der Waals surface area contributed by atoms with E-state index in [-0.39, 0.29) is 18.4 Å². The Bertz CT molecular complexity index is 344. The topological polar surface area (TPSA) is 52.7 Å². The third-order valence-corrected chi connectivity index (χ3v) is 4.45. The summed E-state index contributed by atoms with van der Waals surface area (Å²) in [5.74, 6) is 0.886. The molecule has 1 N–H and O–H groups in total. The van der Waals surface area contributed by atoms with E-state index in [1.54, 1.807) is 4.90 Å². The zero-order valence-electron chi connectivity index (χ0n) is 10.7. The molecule has 3 saturated heterocycles. The van der Waals surface area contributed by atoms with Gasteiger partial charge in [0, 0.05) is 32.1 Å². The first-order valence-corrected chi connectivity index (χ1v) is 7.03. The number of piperidine rings is 1. The molecule has 0 aromatic rings. The Morgan fingerprint density at radius 1 is 1.33 bits per heavy atom. The van der Waals surface area contributed by atoms with Crippen LogP contribution in [0.1, 0.15) is 25.7 Å². The monoisotopic (exact) mass is 251 g/mol. The van der Waals surface area contributed by atoms with Crippen LogP contribution in [0, 0.1) is 5.92 Å². The zero-order chi connectivity index (χ0) is 12.5. The van der Waals surface area contributed by atoms with Crippen molar-refractivity contribution in [2.24, 2.45) is 5.92 Å². The summed E-state index contributed by atoms with van der Waals surface area (Å²) in [6, 6.07) is 0.483. The van der Waals surface area contributed by atoms with Crippen LogP contribution >= 0.6 is 0 Å². The van der Waals surface area contributed by atoms with Gasteiger partial charge in [-0.25, -0.2) is 0 Å². The molecule has 3 rings (SSSR count). The predicted molar refractivity (Wildman–Crippen MR) is 66.9 cm³/mol. The van der Waals surface area contributed by atoms with Gasteiger partial charge in [0.15, 0.2) is 0 Å². The van der Waals surface area contributed by atoms with Gasteiger partial charge < -0.3 is 15.1 Å². The highest BCUT2D eigenvalue weighted by Crippen LogP contribution is 2.25. The van der Waals surface area contributed by atoms with Crippen molar-refractivity contribution in [1.82, 2.24) is 15.1 Å². The zero-order valence-corrected chi connectivity index (χ0v) is 10.7. The number of likely N-dealkylation sites (tertiary alicyclic amines) is 2. The maximum Gasteiger partial charge on any atom is 0.242 e. The van der Waals surface area contributed by atoms with Gasteiger partial charge in [-0.3, -0.25) is 9.59 Å². The molecule has 0 spiro atoms. The lowest BCUT2D eigenvalue weighted by molar-refractivity contribution is -0.137. The van der Waals surface area contributed by atoms with Crippen molar-refractivity contribution in [2.45, 2.75) is 31.7 Å². The van der Waals surface area contributed by atoms with Gasteiger partial charge in [0.05, 0.1) is 6.54 Å². The van der Waals surface area contributed by atoms with Crippen LogP contribution in [0.5, 0.6) is 0 Å². The second kappa shape index (κ2) is 4.88. The van der Waals surface area contributed by atoms with Gasteiger partial charge in [-0.15, -0.1) is 0 Å². The standard InChI is InChI=1S/C13H21N3O2/c17-12-4-2-6-15(12)9-13(18)16-7-10-3-1-5-14-11(10)8-16/h10-11,14H,1-9H2/t10-,11+/m0/s1. The Kier molecular flexibility index (Phi) is 3.24. The van der Waals surface area contributed by atoms with E-state index in [0.717, 1.165) is 32.6 Å². The van der Waals surface area contributed by atoms with Gasteiger partial charge in [-0.1, -0.05) is 0 Å². The SMILES string of the molecule is O=C1CCCN1CC(=O)N1C[C@@H]2CCCN[C@@H]2C1. The lowest BCUT2D eigenvalue weighted by Gasteiger charge is -2.24. The summed E-state index contributed by atoms with van der Waals surface area (Å²) in [6.45, 7) is 3.82. The van der Waals surface area contributed by atoms with Crippen LogP contribution in [0.25, 0.3) is 0 Å². The Morgan fingerprint density at radius 3 is 2.94 bits per heavy atom. The number of carbonyl (C=O) groups is 2.